The Hall–Kier alpha value is -1.47. The van der Waals surface area contributed by atoms with Crippen LogP contribution in [0.1, 0.15) is 28.6 Å². The Morgan fingerprint density at radius 2 is 2.29 bits per heavy atom. The number of fused-ring (bicyclic) bond motifs is 1. The number of carbonyl (C=O) groups is 1. The molecule has 112 valence electrons. The van der Waals surface area contributed by atoms with Crippen LogP contribution in [-0.4, -0.2) is 34.6 Å². The Bertz CT molecular complexity index is 681. The first kappa shape index (κ1) is 14.5. The molecule has 3 rings (SSSR count). The number of nitrogens with one attached hydrogen (secondary N) is 1. The lowest BCUT2D eigenvalue weighted by atomic mass is 10.1. The van der Waals surface area contributed by atoms with Gasteiger partial charge in [0.1, 0.15) is 0 Å². The fourth-order valence-corrected chi connectivity index (χ4v) is 4.02. The van der Waals surface area contributed by atoms with Gasteiger partial charge in [-0.3, -0.25) is 15.1 Å². The number of thiophene rings is 1. The van der Waals surface area contributed by atoms with Gasteiger partial charge in [0.2, 0.25) is 0 Å². The van der Waals surface area contributed by atoms with Crippen molar-refractivity contribution in [2.24, 2.45) is 5.84 Å². The van der Waals surface area contributed by atoms with Crippen molar-refractivity contribution >= 4 is 27.3 Å². The van der Waals surface area contributed by atoms with Gasteiger partial charge in [-0.2, -0.15) is 0 Å². The largest absolute Gasteiger partial charge is 0.389 e. The summed E-state index contributed by atoms with van der Waals surface area (Å²) in [4.78, 5) is 14.9. The van der Waals surface area contributed by atoms with Crippen molar-refractivity contribution in [2.45, 2.75) is 25.5 Å². The van der Waals surface area contributed by atoms with Gasteiger partial charge < -0.3 is 5.11 Å². The monoisotopic (exact) mass is 305 g/mol. The fourth-order valence-electron chi connectivity index (χ4n) is 2.90. The summed E-state index contributed by atoms with van der Waals surface area (Å²) in [5, 5.41) is 11.2. The molecule has 21 heavy (non-hydrogen) atoms. The van der Waals surface area contributed by atoms with Crippen LogP contribution in [0.4, 0.5) is 0 Å². The number of benzene rings is 1. The van der Waals surface area contributed by atoms with E-state index in [0.29, 0.717) is 18.0 Å². The molecular weight excluding hydrogens is 286 g/mol. The highest BCUT2D eigenvalue weighted by molar-refractivity contribution is 7.21. The second-order valence-electron chi connectivity index (χ2n) is 5.84. The maximum absolute atomic E-state index is 12.0. The number of hydrogen-bond acceptors (Lipinski definition) is 5. The molecule has 1 saturated heterocycles. The van der Waals surface area contributed by atoms with E-state index < -0.39 is 5.60 Å². The Balaban J connectivity index is 1.98. The van der Waals surface area contributed by atoms with Crippen molar-refractivity contribution < 1.29 is 9.90 Å². The van der Waals surface area contributed by atoms with E-state index in [2.05, 4.69) is 10.3 Å². The molecular formula is C15H19N3O2S. The first-order valence-electron chi connectivity index (χ1n) is 6.96. The fraction of sp³-hybridized carbons (Fsp3) is 0.400. The van der Waals surface area contributed by atoms with E-state index in [1.165, 1.54) is 11.3 Å². The first-order chi connectivity index (χ1) is 10.00. The molecule has 2 heterocycles. The zero-order chi connectivity index (χ0) is 15.0. The summed E-state index contributed by atoms with van der Waals surface area (Å²) in [6.45, 7) is 3.97. The minimum absolute atomic E-state index is 0.253. The van der Waals surface area contributed by atoms with Crippen LogP contribution < -0.4 is 11.3 Å². The Morgan fingerprint density at radius 1 is 1.52 bits per heavy atom. The van der Waals surface area contributed by atoms with Gasteiger partial charge in [-0.1, -0.05) is 18.2 Å². The summed E-state index contributed by atoms with van der Waals surface area (Å²) in [5.74, 6) is 5.05. The number of hydrogen-bond donors (Lipinski definition) is 3. The lowest BCUT2D eigenvalue weighted by Gasteiger charge is -2.19. The molecule has 1 aromatic heterocycles. The van der Waals surface area contributed by atoms with Crippen molar-refractivity contribution in [3.8, 4) is 0 Å². The number of β-amino-alcohol motifs (C(OH)–C–C–N with tert-alkyl or cyclic N) is 1. The first-order valence-corrected chi connectivity index (χ1v) is 7.78. The molecule has 1 aliphatic rings. The van der Waals surface area contributed by atoms with E-state index in [-0.39, 0.29) is 5.91 Å². The maximum Gasteiger partial charge on any atom is 0.275 e. The van der Waals surface area contributed by atoms with Gasteiger partial charge in [0, 0.05) is 24.3 Å². The van der Waals surface area contributed by atoms with E-state index in [1.54, 1.807) is 0 Å². The molecule has 0 saturated carbocycles. The number of likely N-dealkylation sites (tertiary alicyclic amines) is 1. The van der Waals surface area contributed by atoms with Gasteiger partial charge in [-0.25, -0.2) is 5.84 Å². The predicted octanol–water partition coefficient (Wildman–Crippen LogP) is 1.46. The van der Waals surface area contributed by atoms with Crippen molar-refractivity contribution in [1.29, 1.82) is 0 Å². The van der Waals surface area contributed by atoms with Crippen molar-refractivity contribution in [3.63, 3.8) is 0 Å². The van der Waals surface area contributed by atoms with Crippen molar-refractivity contribution in [2.75, 3.05) is 13.1 Å². The molecule has 5 nitrogen and oxygen atoms in total. The van der Waals surface area contributed by atoms with Crippen LogP contribution in [0.2, 0.25) is 0 Å². The second-order valence-corrected chi connectivity index (χ2v) is 6.89. The van der Waals surface area contributed by atoms with Crippen LogP contribution in [0.25, 0.3) is 10.1 Å². The zero-order valence-corrected chi connectivity index (χ0v) is 12.7. The molecule has 6 heteroatoms. The van der Waals surface area contributed by atoms with Gasteiger partial charge in [0.05, 0.1) is 10.5 Å². The van der Waals surface area contributed by atoms with Crippen molar-refractivity contribution in [3.05, 3.63) is 34.7 Å². The van der Waals surface area contributed by atoms with Crippen LogP contribution in [0.15, 0.2) is 24.3 Å². The molecule has 1 aromatic carbocycles. The van der Waals surface area contributed by atoms with E-state index >= 15 is 0 Å². The predicted molar refractivity (Wildman–Crippen MR) is 84.0 cm³/mol. The standard InChI is InChI=1S/C15H19N3O2S/c1-15(20)6-7-18(9-15)8-11-10-4-2-3-5-12(10)21-13(11)14(19)17-16/h2-5,20H,6-9,16H2,1H3,(H,17,19). The molecule has 4 N–H and O–H groups in total. The average Bonchev–Trinajstić information content (AvgIpc) is 2.99. The van der Waals surface area contributed by atoms with Crippen LogP contribution in [0.5, 0.6) is 0 Å². The van der Waals surface area contributed by atoms with E-state index in [9.17, 15) is 9.90 Å². The molecule has 0 spiro atoms. The lowest BCUT2D eigenvalue weighted by Crippen LogP contribution is -2.32. The lowest BCUT2D eigenvalue weighted by molar-refractivity contribution is 0.0679. The molecule has 0 radical (unpaired) electrons. The molecule has 1 fully saturated rings. The molecule has 1 amide bonds. The van der Waals surface area contributed by atoms with Crippen LogP contribution >= 0.6 is 11.3 Å². The SMILES string of the molecule is CC1(O)CCN(Cc2c(C(=O)NN)sc3ccccc23)C1. The summed E-state index contributed by atoms with van der Waals surface area (Å²) in [6, 6.07) is 7.98. The topological polar surface area (TPSA) is 78.6 Å². The summed E-state index contributed by atoms with van der Waals surface area (Å²) in [5.41, 5.74) is 2.59. The van der Waals surface area contributed by atoms with Crippen LogP contribution in [-0.2, 0) is 6.54 Å². The number of nitrogens with zero attached hydrogens (tertiary/aromatic N) is 1. The Labute approximate surface area is 127 Å². The minimum atomic E-state index is -0.637. The molecule has 2 aromatic rings. The molecule has 1 unspecified atom stereocenters. The number of nitrogens with two attached hydrogens (primary N) is 1. The molecule has 0 aliphatic carbocycles. The number of nitrogen functional groups attached to an aromatic ring is 1. The maximum atomic E-state index is 12.0. The van der Waals surface area contributed by atoms with Gasteiger partial charge in [-0.05, 0) is 30.4 Å². The second kappa shape index (κ2) is 5.38. The summed E-state index contributed by atoms with van der Waals surface area (Å²) >= 11 is 1.46. The Morgan fingerprint density at radius 3 is 2.95 bits per heavy atom. The highest BCUT2D eigenvalue weighted by Crippen LogP contribution is 2.33. The van der Waals surface area contributed by atoms with E-state index in [0.717, 1.165) is 28.6 Å². The number of aliphatic hydroxyl groups is 1. The number of hydrazine groups is 1. The van der Waals surface area contributed by atoms with Crippen LogP contribution in [0, 0.1) is 0 Å². The number of carbonyl (C=O) groups excluding carboxylic acids is 1. The average molecular weight is 305 g/mol. The smallest absolute Gasteiger partial charge is 0.275 e. The van der Waals surface area contributed by atoms with Crippen molar-refractivity contribution in [1.82, 2.24) is 10.3 Å². The quantitative estimate of drug-likeness (QED) is 0.456. The molecule has 1 atom stereocenters. The highest BCUT2D eigenvalue weighted by Gasteiger charge is 2.32. The van der Waals surface area contributed by atoms with Gasteiger partial charge in [0.25, 0.3) is 5.91 Å². The van der Waals surface area contributed by atoms with E-state index in [1.807, 2.05) is 31.2 Å². The highest BCUT2D eigenvalue weighted by atomic mass is 32.1. The third-order valence-corrected chi connectivity index (χ3v) is 5.16. The normalized spacial score (nSPS) is 22.8. The minimum Gasteiger partial charge on any atom is -0.389 e. The van der Waals surface area contributed by atoms with Gasteiger partial charge in [0.15, 0.2) is 0 Å². The van der Waals surface area contributed by atoms with E-state index in [4.69, 9.17) is 5.84 Å². The third-order valence-electron chi connectivity index (χ3n) is 3.95. The van der Waals surface area contributed by atoms with Crippen LogP contribution in [0.3, 0.4) is 0 Å². The molecule has 0 bridgehead atoms. The van der Waals surface area contributed by atoms with Gasteiger partial charge in [-0.15, -0.1) is 11.3 Å². The summed E-state index contributed by atoms with van der Waals surface area (Å²) < 4.78 is 1.08. The zero-order valence-electron chi connectivity index (χ0n) is 11.9. The number of amides is 1. The van der Waals surface area contributed by atoms with Gasteiger partial charge >= 0.3 is 0 Å². The summed E-state index contributed by atoms with van der Waals surface area (Å²) in [6.07, 6.45) is 0.757. The summed E-state index contributed by atoms with van der Waals surface area (Å²) in [7, 11) is 0. The number of rotatable bonds is 3. The third kappa shape index (κ3) is 2.80. The Kier molecular flexibility index (Phi) is 3.71. The molecule has 1 aliphatic heterocycles.